The molecule has 2 heterocycles. The first-order chi connectivity index (χ1) is 13.7. The Bertz CT molecular complexity index is 1100. The molecule has 0 saturated carbocycles. The van der Waals surface area contributed by atoms with Crippen molar-refractivity contribution in [2.75, 3.05) is 0 Å². The molecule has 154 valence electrons. The second-order valence-corrected chi connectivity index (χ2v) is 9.00. The van der Waals surface area contributed by atoms with Gasteiger partial charge < -0.3 is 14.5 Å². The molecule has 0 unspecified atom stereocenters. The van der Waals surface area contributed by atoms with Crippen LogP contribution in [-0.2, 0) is 23.2 Å². The van der Waals surface area contributed by atoms with Gasteiger partial charge in [-0.2, -0.15) is 8.42 Å². The van der Waals surface area contributed by atoms with E-state index in [4.69, 9.17) is 33.1 Å². The fourth-order valence-corrected chi connectivity index (χ4v) is 4.79. The van der Waals surface area contributed by atoms with Gasteiger partial charge in [-0.05, 0) is 29.7 Å². The summed E-state index contributed by atoms with van der Waals surface area (Å²) in [6.07, 6.45) is 3.27. The molecular weight excluding hydrogens is 435 g/mol. The summed E-state index contributed by atoms with van der Waals surface area (Å²) in [5.74, 6) is 0.287. The molecule has 0 radical (unpaired) electrons. The third-order valence-corrected chi connectivity index (χ3v) is 5.88. The number of nitrogens with two attached hydrogens (primary N) is 1. The molecule has 0 saturated heterocycles. The minimum absolute atomic E-state index is 0.0168. The molecule has 2 aromatic heterocycles. The molecule has 3 rings (SSSR count). The van der Waals surface area contributed by atoms with Gasteiger partial charge in [0.15, 0.2) is 5.03 Å². The Morgan fingerprint density at radius 1 is 1.14 bits per heavy atom. The monoisotopic (exact) mass is 454 g/mol. The Hall–Kier alpha value is -2.13. The van der Waals surface area contributed by atoms with Crippen molar-refractivity contribution in [2.24, 2.45) is 5.73 Å². The summed E-state index contributed by atoms with van der Waals surface area (Å²) < 4.78 is 33.5. The minimum Gasteiger partial charge on any atom is -0.378 e. The zero-order valence-corrected chi connectivity index (χ0v) is 18.2. The highest BCUT2D eigenvalue weighted by Gasteiger charge is 2.31. The van der Waals surface area contributed by atoms with Crippen LogP contribution in [0.5, 0.6) is 5.75 Å². The van der Waals surface area contributed by atoms with Crippen molar-refractivity contribution in [3.63, 3.8) is 0 Å². The molecule has 29 heavy (non-hydrogen) atoms. The van der Waals surface area contributed by atoms with Crippen LogP contribution in [0.25, 0.3) is 0 Å². The summed E-state index contributed by atoms with van der Waals surface area (Å²) in [6.45, 7) is 4.04. The molecule has 0 bridgehead atoms. The van der Waals surface area contributed by atoms with Crippen molar-refractivity contribution in [1.82, 2.24) is 14.5 Å². The van der Waals surface area contributed by atoms with E-state index in [9.17, 15) is 8.42 Å². The van der Waals surface area contributed by atoms with E-state index in [1.807, 2.05) is 13.8 Å². The number of hydrogen-bond acceptors (Lipinski definition) is 6. The predicted octanol–water partition coefficient (Wildman–Crippen LogP) is 3.98. The highest BCUT2D eigenvalue weighted by molar-refractivity contribution is 7.87. The molecule has 0 amide bonds. The molecule has 0 aliphatic heterocycles. The predicted molar refractivity (Wildman–Crippen MR) is 112 cm³/mol. The number of aromatic nitrogens is 3. The summed E-state index contributed by atoms with van der Waals surface area (Å²) in [5, 5.41) is 0.486. The fraction of sp³-hybridized carbons (Fsp3) is 0.263. The van der Waals surface area contributed by atoms with Crippen LogP contribution in [0.3, 0.4) is 0 Å². The summed E-state index contributed by atoms with van der Waals surface area (Å²) in [6, 6.07) is 7.84. The van der Waals surface area contributed by atoms with E-state index in [1.165, 1.54) is 18.2 Å². The highest BCUT2D eigenvalue weighted by atomic mass is 35.5. The average Bonchev–Trinajstić information content (AvgIpc) is 3.01. The largest absolute Gasteiger partial charge is 0.378 e. The fourth-order valence-electron chi connectivity index (χ4n) is 2.87. The van der Waals surface area contributed by atoms with E-state index >= 15 is 0 Å². The van der Waals surface area contributed by atoms with E-state index in [0.29, 0.717) is 11.5 Å². The number of rotatable bonds is 7. The summed E-state index contributed by atoms with van der Waals surface area (Å²) >= 11 is 11.9. The number of halogens is 2. The van der Waals surface area contributed by atoms with Gasteiger partial charge in [0.1, 0.15) is 11.6 Å². The van der Waals surface area contributed by atoms with E-state index in [2.05, 4.69) is 9.97 Å². The molecule has 1 aromatic carbocycles. The number of imidazole rings is 1. The molecule has 0 aliphatic rings. The molecule has 2 N–H and O–H groups in total. The topological polar surface area (TPSA) is 100 Å². The first-order valence-electron chi connectivity index (χ1n) is 8.80. The third-order valence-electron chi connectivity index (χ3n) is 4.12. The lowest BCUT2D eigenvalue weighted by Gasteiger charge is -2.14. The van der Waals surface area contributed by atoms with E-state index < -0.39 is 10.1 Å². The smallest absolute Gasteiger partial charge is 0.357 e. The van der Waals surface area contributed by atoms with Gasteiger partial charge in [0, 0.05) is 34.6 Å². The molecule has 0 aliphatic carbocycles. The van der Waals surface area contributed by atoms with Crippen LogP contribution in [0.15, 0.2) is 47.8 Å². The first-order valence-corrected chi connectivity index (χ1v) is 11.0. The van der Waals surface area contributed by atoms with Gasteiger partial charge in [-0.1, -0.05) is 37.0 Å². The van der Waals surface area contributed by atoms with Crippen LogP contribution in [0.2, 0.25) is 10.0 Å². The molecule has 0 fully saturated rings. The lowest BCUT2D eigenvalue weighted by molar-refractivity contribution is 0.471. The maximum atomic E-state index is 13.3. The van der Waals surface area contributed by atoms with Gasteiger partial charge in [0.25, 0.3) is 0 Å². The van der Waals surface area contributed by atoms with Crippen molar-refractivity contribution in [2.45, 2.75) is 37.9 Å². The van der Waals surface area contributed by atoms with Crippen molar-refractivity contribution in [3.05, 3.63) is 69.9 Å². The van der Waals surface area contributed by atoms with Gasteiger partial charge >= 0.3 is 10.1 Å². The Morgan fingerprint density at radius 2 is 1.76 bits per heavy atom. The van der Waals surface area contributed by atoms with Gasteiger partial charge in [-0.25, -0.2) is 4.98 Å². The molecule has 10 heteroatoms. The van der Waals surface area contributed by atoms with Gasteiger partial charge in [0.2, 0.25) is 0 Å². The van der Waals surface area contributed by atoms with Gasteiger partial charge in [0.05, 0.1) is 18.8 Å². The van der Waals surface area contributed by atoms with E-state index in [-0.39, 0.29) is 39.8 Å². The van der Waals surface area contributed by atoms with Crippen LogP contribution in [-0.4, -0.2) is 23.0 Å². The molecular formula is C19H20Cl2N4O3S. The first kappa shape index (κ1) is 21.6. The number of benzene rings is 1. The van der Waals surface area contributed by atoms with E-state index in [0.717, 1.165) is 5.56 Å². The standard InChI is InChI=1S/C19H20Cl2N4O3S/c1-12(2)18-19(29(26,27)28-16-8-14(20)7-15(21)9-16)25(17(10-22)24-18)11-13-3-5-23-6-4-13/h3-9,12H,10-11,22H2,1-2H3. The van der Waals surface area contributed by atoms with Crippen LogP contribution < -0.4 is 9.92 Å². The van der Waals surface area contributed by atoms with E-state index in [1.54, 1.807) is 29.1 Å². The zero-order chi connectivity index (χ0) is 21.2. The summed E-state index contributed by atoms with van der Waals surface area (Å²) in [4.78, 5) is 8.47. The van der Waals surface area contributed by atoms with Crippen molar-refractivity contribution >= 4 is 33.3 Å². The van der Waals surface area contributed by atoms with Crippen LogP contribution in [0.4, 0.5) is 0 Å². The molecule has 0 atom stereocenters. The second kappa shape index (κ2) is 8.71. The summed E-state index contributed by atoms with van der Waals surface area (Å²) in [5.41, 5.74) is 7.09. The lowest BCUT2D eigenvalue weighted by atomic mass is 10.1. The normalized spacial score (nSPS) is 11.8. The van der Waals surface area contributed by atoms with Gasteiger partial charge in [-0.3, -0.25) is 4.98 Å². The average molecular weight is 455 g/mol. The van der Waals surface area contributed by atoms with Crippen LogP contribution >= 0.6 is 23.2 Å². The van der Waals surface area contributed by atoms with Crippen LogP contribution in [0, 0.1) is 0 Å². The maximum absolute atomic E-state index is 13.3. The highest BCUT2D eigenvalue weighted by Crippen LogP contribution is 2.31. The molecule has 3 aromatic rings. The van der Waals surface area contributed by atoms with Crippen molar-refractivity contribution in [3.8, 4) is 5.75 Å². The SMILES string of the molecule is CC(C)c1nc(CN)n(Cc2ccncc2)c1S(=O)(=O)Oc1cc(Cl)cc(Cl)c1. The van der Waals surface area contributed by atoms with Gasteiger partial charge in [-0.15, -0.1) is 0 Å². The Labute approximate surface area is 179 Å². The third kappa shape index (κ3) is 4.90. The summed E-state index contributed by atoms with van der Waals surface area (Å²) in [7, 11) is -4.25. The number of nitrogens with zero attached hydrogens (tertiary/aromatic N) is 3. The maximum Gasteiger partial charge on any atom is 0.357 e. The molecule has 7 nitrogen and oxygen atoms in total. The van der Waals surface area contributed by atoms with Crippen molar-refractivity contribution in [1.29, 1.82) is 0 Å². The second-order valence-electron chi connectivity index (χ2n) is 6.66. The zero-order valence-electron chi connectivity index (χ0n) is 15.8. The Balaban J connectivity index is 2.13. The minimum atomic E-state index is -4.25. The number of hydrogen-bond donors (Lipinski definition) is 1. The van der Waals surface area contributed by atoms with Crippen molar-refractivity contribution < 1.29 is 12.6 Å². The number of pyridine rings is 1. The Morgan fingerprint density at radius 3 is 2.31 bits per heavy atom. The van der Waals surface area contributed by atoms with Crippen LogP contribution in [0.1, 0.15) is 36.8 Å². The molecule has 0 spiro atoms. The quantitative estimate of drug-likeness (QED) is 0.541. The Kier molecular flexibility index (Phi) is 6.48. The lowest BCUT2D eigenvalue weighted by Crippen LogP contribution is -2.19.